The van der Waals surface area contributed by atoms with E-state index in [2.05, 4.69) is 16.0 Å². The van der Waals surface area contributed by atoms with Gasteiger partial charge in [0.2, 0.25) is 11.8 Å². The van der Waals surface area contributed by atoms with Crippen molar-refractivity contribution in [3.8, 4) is 0 Å². The molecule has 2 aromatic carbocycles. The predicted octanol–water partition coefficient (Wildman–Crippen LogP) is 2.97. The highest BCUT2D eigenvalue weighted by molar-refractivity contribution is 5.90. The molecule has 0 saturated heterocycles. The molecule has 4 amide bonds. The molecule has 35 heavy (non-hydrogen) atoms. The van der Waals surface area contributed by atoms with E-state index >= 15 is 0 Å². The third-order valence-corrected chi connectivity index (χ3v) is 5.23. The maximum atomic E-state index is 12.2. The van der Waals surface area contributed by atoms with Gasteiger partial charge in [-0.25, -0.2) is 15.1 Å². The van der Waals surface area contributed by atoms with Gasteiger partial charge in [0, 0.05) is 31.5 Å². The first kappa shape index (κ1) is 27.3. The van der Waals surface area contributed by atoms with Crippen LogP contribution >= 0.6 is 0 Å². The number of benzene rings is 2. The van der Waals surface area contributed by atoms with Crippen LogP contribution in [0.25, 0.3) is 0 Å². The van der Waals surface area contributed by atoms with Crippen molar-refractivity contribution < 1.29 is 29.5 Å². The minimum Gasteiger partial charge on any atom is -0.480 e. The van der Waals surface area contributed by atoms with Gasteiger partial charge < -0.3 is 21.1 Å². The molecule has 0 bridgehead atoms. The molecule has 0 aliphatic rings. The largest absolute Gasteiger partial charge is 0.480 e. The van der Waals surface area contributed by atoms with E-state index in [1.807, 2.05) is 18.2 Å². The van der Waals surface area contributed by atoms with Crippen molar-refractivity contribution >= 4 is 29.5 Å². The molecular weight excluding hydrogens is 452 g/mol. The normalized spacial score (nSPS) is 11.2. The van der Waals surface area contributed by atoms with Crippen LogP contribution in [0, 0.1) is 0 Å². The molecule has 0 radical (unpaired) electrons. The van der Waals surface area contributed by atoms with Crippen LogP contribution in [0.5, 0.6) is 0 Å². The molecule has 10 nitrogen and oxygen atoms in total. The van der Waals surface area contributed by atoms with E-state index in [4.69, 9.17) is 5.21 Å². The number of urea groups is 1. The molecule has 0 aromatic heterocycles. The summed E-state index contributed by atoms with van der Waals surface area (Å²) in [7, 11) is 0. The van der Waals surface area contributed by atoms with Crippen LogP contribution in [-0.2, 0) is 27.3 Å². The number of carboxylic acids is 1. The summed E-state index contributed by atoms with van der Waals surface area (Å²) in [6, 6.07) is 14.4. The van der Waals surface area contributed by atoms with Crippen molar-refractivity contribution in [2.45, 2.75) is 57.5 Å². The second-order valence-electron chi connectivity index (χ2n) is 8.11. The van der Waals surface area contributed by atoms with E-state index in [9.17, 15) is 24.3 Å². The van der Waals surface area contributed by atoms with Crippen molar-refractivity contribution in [1.29, 1.82) is 0 Å². The molecular formula is C25H32N4O6. The zero-order chi connectivity index (χ0) is 25.5. The number of amides is 4. The molecule has 1 atom stereocenters. The van der Waals surface area contributed by atoms with Gasteiger partial charge in [-0.15, -0.1) is 0 Å². The van der Waals surface area contributed by atoms with E-state index in [1.54, 1.807) is 41.9 Å². The Bertz CT molecular complexity index is 983. The fraction of sp³-hybridized carbons (Fsp3) is 0.360. The smallest absolute Gasteiger partial charge is 0.326 e. The van der Waals surface area contributed by atoms with Crippen LogP contribution in [0.2, 0.25) is 0 Å². The number of anilines is 1. The highest BCUT2D eigenvalue weighted by Crippen LogP contribution is 2.12. The second-order valence-corrected chi connectivity index (χ2v) is 8.11. The topological polar surface area (TPSA) is 157 Å². The second kappa shape index (κ2) is 15.1. The first-order chi connectivity index (χ1) is 16.9. The number of hydroxylamine groups is 1. The van der Waals surface area contributed by atoms with Gasteiger partial charge in [-0.1, -0.05) is 55.3 Å². The zero-order valence-electron chi connectivity index (χ0n) is 19.5. The lowest BCUT2D eigenvalue weighted by atomic mass is 10.1. The number of hydrogen-bond acceptors (Lipinski definition) is 5. The van der Waals surface area contributed by atoms with Gasteiger partial charge in [0.05, 0.1) is 0 Å². The van der Waals surface area contributed by atoms with Crippen molar-refractivity contribution in [3.63, 3.8) is 0 Å². The van der Waals surface area contributed by atoms with Gasteiger partial charge in [0.25, 0.3) is 0 Å². The fourth-order valence-corrected chi connectivity index (χ4v) is 3.40. The molecule has 0 aliphatic carbocycles. The Labute approximate surface area is 204 Å². The number of aliphatic carboxylic acids is 1. The summed E-state index contributed by atoms with van der Waals surface area (Å²) in [6.07, 6.45) is 3.69. The minimum absolute atomic E-state index is 0.133. The van der Waals surface area contributed by atoms with E-state index in [0.717, 1.165) is 24.0 Å². The zero-order valence-corrected chi connectivity index (χ0v) is 19.5. The minimum atomic E-state index is -1.12. The Morgan fingerprint density at radius 3 is 2.11 bits per heavy atom. The number of carbonyl (C=O) groups is 4. The fourth-order valence-electron chi connectivity index (χ4n) is 3.40. The molecule has 0 spiro atoms. The Morgan fingerprint density at radius 1 is 0.800 bits per heavy atom. The highest BCUT2D eigenvalue weighted by atomic mass is 16.5. The van der Waals surface area contributed by atoms with Crippen molar-refractivity contribution in [3.05, 3.63) is 65.7 Å². The summed E-state index contributed by atoms with van der Waals surface area (Å²) >= 11 is 0. The number of carboxylic acid groups (broad SMARTS) is 1. The number of carbonyl (C=O) groups excluding carboxylic acids is 3. The average molecular weight is 485 g/mol. The highest BCUT2D eigenvalue weighted by Gasteiger charge is 2.20. The van der Waals surface area contributed by atoms with Crippen molar-refractivity contribution in [1.82, 2.24) is 16.1 Å². The van der Waals surface area contributed by atoms with Gasteiger partial charge >= 0.3 is 12.0 Å². The average Bonchev–Trinajstić information content (AvgIpc) is 2.85. The monoisotopic (exact) mass is 484 g/mol. The summed E-state index contributed by atoms with van der Waals surface area (Å²) in [5.74, 6) is -1.67. The molecule has 2 rings (SSSR count). The lowest BCUT2D eigenvalue weighted by Gasteiger charge is -2.15. The SMILES string of the molecule is O=C(CCCCCCC(=O)Nc1cccc(CNC(=O)N[C@@H](Cc2ccccc2)C(=O)O)c1)NO. The molecule has 0 unspecified atom stereocenters. The Balaban J connectivity index is 1.73. The van der Waals surface area contributed by atoms with Crippen LogP contribution in [-0.4, -0.2) is 40.2 Å². The molecule has 10 heteroatoms. The van der Waals surface area contributed by atoms with Crippen LogP contribution in [0.1, 0.15) is 49.7 Å². The Hall–Kier alpha value is -3.92. The molecule has 2 aromatic rings. The van der Waals surface area contributed by atoms with E-state index < -0.39 is 23.9 Å². The maximum absolute atomic E-state index is 12.2. The summed E-state index contributed by atoms with van der Waals surface area (Å²) in [6.45, 7) is 0.161. The summed E-state index contributed by atoms with van der Waals surface area (Å²) in [5.41, 5.74) is 3.74. The summed E-state index contributed by atoms with van der Waals surface area (Å²) < 4.78 is 0. The molecule has 188 valence electrons. The van der Waals surface area contributed by atoms with Gasteiger partial charge in [0.1, 0.15) is 6.04 Å². The number of nitrogens with one attached hydrogen (secondary N) is 4. The first-order valence-electron chi connectivity index (χ1n) is 11.5. The first-order valence-corrected chi connectivity index (χ1v) is 11.5. The summed E-state index contributed by atoms with van der Waals surface area (Å²) in [5, 5.41) is 25.8. The van der Waals surface area contributed by atoms with E-state index in [-0.39, 0.29) is 25.3 Å². The molecule has 6 N–H and O–H groups in total. The third-order valence-electron chi connectivity index (χ3n) is 5.23. The third kappa shape index (κ3) is 11.2. The van der Waals surface area contributed by atoms with Gasteiger partial charge in [-0.3, -0.25) is 14.8 Å². The molecule has 0 saturated carbocycles. The van der Waals surface area contributed by atoms with E-state index in [0.29, 0.717) is 24.9 Å². The lowest BCUT2D eigenvalue weighted by Crippen LogP contribution is -2.46. The van der Waals surface area contributed by atoms with Gasteiger partial charge in [-0.2, -0.15) is 0 Å². The van der Waals surface area contributed by atoms with Crippen molar-refractivity contribution in [2.24, 2.45) is 0 Å². The number of rotatable bonds is 14. The Morgan fingerprint density at radius 2 is 1.46 bits per heavy atom. The van der Waals surface area contributed by atoms with Crippen LogP contribution < -0.4 is 21.4 Å². The van der Waals surface area contributed by atoms with Gasteiger partial charge in [0.15, 0.2) is 0 Å². The number of unbranched alkanes of at least 4 members (excludes halogenated alkanes) is 3. The van der Waals surface area contributed by atoms with Gasteiger partial charge in [-0.05, 0) is 36.1 Å². The quantitative estimate of drug-likeness (QED) is 0.137. The van der Waals surface area contributed by atoms with Crippen molar-refractivity contribution in [2.75, 3.05) is 5.32 Å². The number of hydrogen-bond donors (Lipinski definition) is 6. The molecule has 0 fully saturated rings. The Kier molecular flexibility index (Phi) is 11.8. The molecule has 0 heterocycles. The van der Waals surface area contributed by atoms with Crippen LogP contribution in [0.15, 0.2) is 54.6 Å². The molecule has 0 aliphatic heterocycles. The predicted molar refractivity (Wildman–Crippen MR) is 130 cm³/mol. The van der Waals surface area contributed by atoms with Crippen LogP contribution in [0.3, 0.4) is 0 Å². The van der Waals surface area contributed by atoms with E-state index in [1.165, 1.54) is 0 Å². The standard InChI is InChI=1S/C25H32N4O6/c30-22(13-6-1-2-7-14-23(31)29-35)27-20-12-8-11-19(15-20)17-26-25(34)28-21(24(32)33)16-18-9-4-3-5-10-18/h3-5,8-12,15,21,35H,1-2,6-7,13-14,16-17H2,(H,27,30)(H,29,31)(H,32,33)(H2,26,28,34)/t21-/m0/s1. The van der Waals surface area contributed by atoms with Crippen LogP contribution in [0.4, 0.5) is 10.5 Å². The maximum Gasteiger partial charge on any atom is 0.326 e. The summed E-state index contributed by atoms with van der Waals surface area (Å²) in [4.78, 5) is 46.9. The lowest BCUT2D eigenvalue weighted by molar-refractivity contribution is -0.139.